The molecular formula is C18H24N2O3S. The lowest BCUT2D eigenvalue weighted by atomic mass is 10.0. The summed E-state index contributed by atoms with van der Waals surface area (Å²) >= 11 is 0. The van der Waals surface area contributed by atoms with Crippen LogP contribution in [0, 0.1) is 0 Å². The minimum Gasteiger partial charge on any atom is -0.493 e. The first-order chi connectivity index (χ1) is 11.4. The molecule has 24 heavy (non-hydrogen) atoms. The quantitative estimate of drug-likeness (QED) is 0.727. The summed E-state index contributed by atoms with van der Waals surface area (Å²) in [5.41, 5.74) is 1.33. The van der Waals surface area contributed by atoms with E-state index in [-0.39, 0.29) is 10.8 Å². The van der Waals surface area contributed by atoms with Crippen LogP contribution in [0.4, 0.5) is 5.69 Å². The van der Waals surface area contributed by atoms with E-state index in [4.69, 9.17) is 4.74 Å². The van der Waals surface area contributed by atoms with Crippen molar-refractivity contribution in [3.8, 4) is 5.75 Å². The summed E-state index contributed by atoms with van der Waals surface area (Å²) in [6.07, 6.45) is 5.10. The number of rotatable bonds is 8. The Bertz CT molecular complexity index is 759. The van der Waals surface area contributed by atoms with Gasteiger partial charge < -0.3 is 4.74 Å². The highest BCUT2D eigenvalue weighted by Gasteiger charge is 2.18. The molecular weight excluding hydrogens is 324 g/mol. The maximum Gasteiger partial charge on any atom is 0.261 e. The number of nitrogens with zero attached hydrogens (tertiary/aromatic N) is 1. The Hall–Kier alpha value is -2.08. The van der Waals surface area contributed by atoms with Crippen LogP contribution in [-0.4, -0.2) is 20.0 Å². The Kier molecular flexibility index (Phi) is 6.20. The van der Waals surface area contributed by atoms with E-state index >= 15 is 0 Å². The highest BCUT2D eigenvalue weighted by Crippen LogP contribution is 2.30. The van der Waals surface area contributed by atoms with Crippen LogP contribution in [0.1, 0.15) is 45.1 Å². The molecule has 0 amide bonds. The standard InChI is InChI=1S/C18H24N2O3S/c1-4-5-11-23-18-9-8-16(12-17(18)14(2)3)24(21,22)20-15-7-6-10-19-13-15/h6-10,12-14,20H,4-5,11H2,1-3H3. The van der Waals surface area contributed by atoms with Crippen molar-refractivity contribution in [2.75, 3.05) is 11.3 Å². The summed E-state index contributed by atoms with van der Waals surface area (Å²) in [5, 5.41) is 0. The zero-order valence-corrected chi connectivity index (χ0v) is 15.1. The van der Waals surface area contributed by atoms with E-state index in [1.54, 1.807) is 36.5 Å². The van der Waals surface area contributed by atoms with Gasteiger partial charge in [0.05, 0.1) is 23.4 Å². The molecule has 0 spiro atoms. The van der Waals surface area contributed by atoms with Gasteiger partial charge in [0, 0.05) is 6.20 Å². The monoisotopic (exact) mass is 348 g/mol. The molecule has 0 aliphatic carbocycles. The molecule has 0 fully saturated rings. The number of benzene rings is 1. The first-order valence-corrected chi connectivity index (χ1v) is 9.62. The Balaban J connectivity index is 2.28. The number of unbranched alkanes of at least 4 members (excludes halogenated alkanes) is 1. The average molecular weight is 348 g/mol. The Morgan fingerprint density at radius 1 is 1.25 bits per heavy atom. The molecule has 0 saturated heterocycles. The van der Waals surface area contributed by atoms with Gasteiger partial charge in [-0.05, 0) is 48.2 Å². The first kappa shape index (κ1) is 18.3. The second kappa shape index (κ2) is 8.15. The first-order valence-electron chi connectivity index (χ1n) is 8.13. The zero-order chi connectivity index (χ0) is 17.6. The molecule has 0 bridgehead atoms. The fraction of sp³-hybridized carbons (Fsp3) is 0.389. The molecule has 0 radical (unpaired) electrons. The van der Waals surface area contributed by atoms with Crippen LogP contribution in [0.15, 0.2) is 47.6 Å². The van der Waals surface area contributed by atoms with E-state index in [0.717, 1.165) is 24.2 Å². The number of aromatic nitrogens is 1. The predicted octanol–water partition coefficient (Wildman–Crippen LogP) is 4.18. The van der Waals surface area contributed by atoms with Gasteiger partial charge in [-0.3, -0.25) is 9.71 Å². The molecule has 2 aromatic rings. The molecule has 0 atom stereocenters. The minimum atomic E-state index is -3.66. The van der Waals surface area contributed by atoms with E-state index in [9.17, 15) is 8.42 Å². The van der Waals surface area contributed by atoms with Gasteiger partial charge in [-0.1, -0.05) is 27.2 Å². The van der Waals surface area contributed by atoms with Gasteiger partial charge in [-0.15, -0.1) is 0 Å². The smallest absolute Gasteiger partial charge is 0.261 e. The number of ether oxygens (including phenoxy) is 1. The lowest BCUT2D eigenvalue weighted by Gasteiger charge is -2.16. The fourth-order valence-corrected chi connectivity index (χ4v) is 3.32. The molecule has 130 valence electrons. The van der Waals surface area contributed by atoms with Gasteiger partial charge in [0.1, 0.15) is 5.75 Å². The number of nitrogens with one attached hydrogen (secondary N) is 1. The van der Waals surface area contributed by atoms with Gasteiger partial charge >= 0.3 is 0 Å². The van der Waals surface area contributed by atoms with Crippen LogP contribution >= 0.6 is 0 Å². The molecule has 1 aromatic heterocycles. The van der Waals surface area contributed by atoms with Gasteiger partial charge in [-0.2, -0.15) is 0 Å². The van der Waals surface area contributed by atoms with Crippen molar-refractivity contribution >= 4 is 15.7 Å². The highest BCUT2D eigenvalue weighted by atomic mass is 32.2. The normalized spacial score (nSPS) is 11.5. The fourth-order valence-electron chi connectivity index (χ4n) is 2.24. The van der Waals surface area contributed by atoms with Crippen LogP contribution in [0.2, 0.25) is 0 Å². The van der Waals surface area contributed by atoms with Crippen molar-refractivity contribution in [2.24, 2.45) is 0 Å². The van der Waals surface area contributed by atoms with E-state index in [1.165, 1.54) is 6.20 Å². The molecule has 0 saturated carbocycles. The van der Waals surface area contributed by atoms with Crippen LogP contribution in [0.25, 0.3) is 0 Å². The molecule has 1 aromatic carbocycles. The summed E-state index contributed by atoms with van der Waals surface area (Å²) in [5.74, 6) is 0.911. The largest absolute Gasteiger partial charge is 0.493 e. The molecule has 1 heterocycles. The van der Waals surface area contributed by atoms with Gasteiger partial charge in [-0.25, -0.2) is 8.42 Å². The van der Waals surface area contributed by atoms with Crippen LogP contribution in [-0.2, 0) is 10.0 Å². The van der Waals surface area contributed by atoms with Crippen molar-refractivity contribution in [1.82, 2.24) is 4.98 Å². The van der Waals surface area contributed by atoms with E-state index in [2.05, 4.69) is 16.6 Å². The van der Waals surface area contributed by atoms with E-state index in [0.29, 0.717) is 12.3 Å². The lowest BCUT2D eigenvalue weighted by Crippen LogP contribution is -2.14. The molecule has 5 nitrogen and oxygen atoms in total. The van der Waals surface area contributed by atoms with Crippen LogP contribution in [0.5, 0.6) is 5.75 Å². The number of sulfonamides is 1. The summed E-state index contributed by atoms with van der Waals surface area (Å²) in [7, 11) is -3.66. The maximum atomic E-state index is 12.6. The Morgan fingerprint density at radius 2 is 2.04 bits per heavy atom. The van der Waals surface area contributed by atoms with E-state index in [1.807, 2.05) is 13.8 Å². The minimum absolute atomic E-state index is 0.162. The SMILES string of the molecule is CCCCOc1ccc(S(=O)(=O)Nc2cccnc2)cc1C(C)C. The maximum absolute atomic E-state index is 12.6. The topological polar surface area (TPSA) is 68.3 Å². The third-order valence-corrected chi connectivity index (χ3v) is 4.96. The van der Waals surface area contributed by atoms with E-state index < -0.39 is 10.0 Å². The number of pyridine rings is 1. The highest BCUT2D eigenvalue weighted by molar-refractivity contribution is 7.92. The van der Waals surface area contributed by atoms with Crippen molar-refractivity contribution in [3.63, 3.8) is 0 Å². The Morgan fingerprint density at radius 3 is 2.67 bits per heavy atom. The third-order valence-electron chi connectivity index (χ3n) is 3.58. The molecule has 0 aliphatic rings. The van der Waals surface area contributed by atoms with Gasteiger partial charge in [0.2, 0.25) is 0 Å². The summed E-state index contributed by atoms with van der Waals surface area (Å²) in [6, 6.07) is 8.34. The second-order valence-corrected chi connectivity index (χ2v) is 7.59. The molecule has 0 aliphatic heterocycles. The Labute approximate surface area is 144 Å². The van der Waals surface area contributed by atoms with Gasteiger partial charge in [0.25, 0.3) is 10.0 Å². The number of hydrogen-bond acceptors (Lipinski definition) is 4. The van der Waals surface area contributed by atoms with Crippen molar-refractivity contribution < 1.29 is 13.2 Å². The van der Waals surface area contributed by atoms with Crippen molar-refractivity contribution in [1.29, 1.82) is 0 Å². The molecule has 2 rings (SSSR count). The molecule has 6 heteroatoms. The third kappa shape index (κ3) is 4.71. The second-order valence-electron chi connectivity index (χ2n) is 5.90. The van der Waals surface area contributed by atoms with Gasteiger partial charge in [0.15, 0.2) is 0 Å². The summed E-state index contributed by atoms with van der Waals surface area (Å²) in [6.45, 7) is 6.78. The summed E-state index contributed by atoms with van der Waals surface area (Å²) in [4.78, 5) is 4.14. The molecule has 1 N–H and O–H groups in total. The van der Waals surface area contributed by atoms with Crippen LogP contribution in [0.3, 0.4) is 0 Å². The number of anilines is 1. The predicted molar refractivity (Wildman–Crippen MR) is 96.0 cm³/mol. The summed E-state index contributed by atoms with van der Waals surface area (Å²) < 4.78 is 33.5. The molecule has 0 unspecified atom stereocenters. The van der Waals surface area contributed by atoms with Crippen molar-refractivity contribution in [3.05, 3.63) is 48.3 Å². The number of hydrogen-bond donors (Lipinski definition) is 1. The van der Waals surface area contributed by atoms with Crippen LogP contribution < -0.4 is 9.46 Å². The lowest BCUT2D eigenvalue weighted by molar-refractivity contribution is 0.305. The average Bonchev–Trinajstić information content (AvgIpc) is 2.55. The van der Waals surface area contributed by atoms with Crippen molar-refractivity contribution in [2.45, 2.75) is 44.4 Å². The zero-order valence-electron chi connectivity index (χ0n) is 14.3.